The number of rotatable bonds is 4. The Labute approximate surface area is 143 Å². The number of carbonyl (C=O) groups is 1. The van der Waals surface area contributed by atoms with E-state index in [0.29, 0.717) is 11.6 Å². The number of nitrogens with zero attached hydrogens (tertiary/aromatic N) is 2. The van der Waals surface area contributed by atoms with E-state index < -0.39 is 12.0 Å². The third kappa shape index (κ3) is 4.08. The summed E-state index contributed by atoms with van der Waals surface area (Å²) in [5, 5.41) is 19.4. The van der Waals surface area contributed by atoms with Crippen molar-refractivity contribution in [2.45, 2.75) is 50.6 Å². The summed E-state index contributed by atoms with van der Waals surface area (Å²) in [5.74, 6) is -0.718. The largest absolute Gasteiger partial charge is 0.508 e. The molecule has 0 bridgehead atoms. The van der Waals surface area contributed by atoms with Crippen LogP contribution in [0.5, 0.6) is 5.75 Å². The van der Waals surface area contributed by atoms with E-state index >= 15 is 0 Å². The summed E-state index contributed by atoms with van der Waals surface area (Å²) >= 11 is 0. The highest BCUT2D eigenvalue weighted by atomic mass is 16.4. The van der Waals surface area contributed by atoms with E-state index in [2.05, 4.69) is 9.80 Å². The van der Waals surface area contributed by atoms with Gasteiger partial charge in [-0.15, -0.1) is 0 Å². The van der Waals surface area contributed by atoms with Gasteiger partial charge < -0.3 is 10.2 Å². The van der Waals surface area contributed by atoms with Crippen molar-refractivity contribution >= 4 is 5.97 Å². The van der Waals surface area contributed by atoms with Gasteiger partial charge in [0.05, 0.1) is 0 Å². The van der Waals surface area contributed by atoms with Crippen molar-refractivity contribution in [3.8, 4) is 5.75 Å². The van der Waals surface area contributed by atoms with Gasteiger partial charge in [-0.3, -0.25) is 14.6 Å². The number of carboxylic acids is 1. The topological polar surface area (TPSA) is 64.0 Å². The van der Waals surface area contributed by atoms with Crippen LogP contribution in [0, 0.1) is 0 Å². The fourth-order valence-corrected chi connectivity index (χ4v) is 4.23. The van der Waals surface area contributed by atoms with Crippen LogP contribution in [0.15, 0.2) is 24.3 Å². The molecule has 1 aliphatic heterocycles. The molecule has 0 spiro atoms. The second kappa shape index (κ2) is 7.99. The minimum atomic E-state index is -0.841. The van der Waals surface area contributed by atoms with Gasteiger partial charge in [-0.25, -0.2) is 0 Å². The lowest BCUT2D eigenvalue weighted by Gasteiger charge is -2.33. The zero-order valence-electron chi connectivity index (χ0n) is 14.2. The predicted octanol–water partition coefficient (Wildman–Crippen LogP) is 2.86. The molecule has 132 valence electrons. The fourth-order valence-electron chi connectivity index (χ4n) is 4.23. The van der Waals surface area contributed by atoms with Gasteiger partial charge in [0.1, 0.15) is 11.8 Å². The quantitative estimate of drug-likeness (QED) is 0.888. The Morgan fingerprint density at radius 1 is 1.04 bits per heavy atom. The van der Waals surface area contributed by atoms with Crippen molar-refractivity contribution in [3.63, 3.8) is 0 Å². The monoisotopic (exact) mass is 332 g/mol. The molecule has 1 saturated heterocycles. The zero-order chi connectivity index (χ0) is 16.9. The van der Waals surface area contributed by atoms with Gasteiger partial charge in [0.15, 0.2) is 0 Å². The molecule has 1 heterocycles. The molecule has 1 aliphatic carbocycles. The number of phenolic OH excluding ortho intramolecular Hbond substituents is 1. The number of hydrogen-bond donors (Lipinski definition) is 2. The normalized spacial score (nSPS) is 22.8. The molecule has 24 heavy (non-hydrogen) atoms. The average Bonchev–Trinajstić information content (AvgIpc) is 2.82. The summed E-state index contributed by atoms with van der Waals surface area (Å²) in [4.78, 5) is 16.5. The molecule has 1 aromatic rings. The molecular formula is C19H28N2O3. The van der Waals surface area contributed by atoms with Gasteiger partial charge in [-0.1, -0.05) is 31.4 Å². The number of phenols is 1. The number of aromatic hydroxyl groups is 1. The molecule has 1 unspecified atom stereocenters. The van der Waals surface area contributed by atoms with E-state index in [9.17, 15) is 15.0 Å². The van der Waals surface area contributed by atoms with E-state index in [4.69, 9.17) is 0 Å². The van der Waals surface area contributed by atoms with Gasteiger partial charge >= 0.3 is 5.97 Å². The molecule has 0 radical (unpaired) electrons. The third-order valence-electron chi connectivity index (χ3n) is 5.44. The Morgan fingerprint density at radius 2 is 1.83 bits per heavy atom. The maximum absolute atomic E-state index is 11.9. The molecule has 0 aromatic heterocycles. The predicted molar refractivity (Wildman–Crippen MR) is 93.1 cm³/mol. The number of aliphatic carboxylic acids is 1. The highest BCUT2D eigenvalue weighted by molar-refractivity contribution is 5.75. The maximum atomic E-state index is 11.9. The molecule has 2 N–H and O–H groups in total. The van der Waals surface area contributed by atoms with Crippen LogP contribution >= 0.6 is 0 Å². The Kier molecular flexibility index (Phi) is 5.74. The summed E-state index contributed by atoms with van der Waals surface area (Å²) < 4.78 is 0. The number of benzene rings is 1. The van der Waals surface area contributed by atoms with Crippen LogP contribution in [0.4, 0.5) is 0 Å². The van der Waals surface area contributed by atoms with E-state index in [1.807, 2.05) is 0 Å². The van der Waals surface area contributed by atoms with Crippen LogP contribution in [0.2, 0.25) is 0 Å². The number of hydrogen-bond acceptors (Lipinski definition) is 4. The van der Waals surface area contributed by atoms with Crippen LogP contribution < -0.4 is 0 Å². The van der Waals surface area contributed by atoms with E-state index in [0.717, 1.165) is 32.6 Å². The summed E-state index contributed by atoms with van der Waals surface area (Å²) in [6.07, 6.45) is 7.58. The van der Waals surface area contributed by atoms with Crippen LogP contribution in [-0.2, 0) is 4.79 Å². The van der Waals surface area contributed by atoms with Crippen molar-refractivity contribution in [3.05, 3.63) is 29.8 Å². The summed E-state index contributed by atoms with van der Waals surface area (Å²) in [7, 11) is 0. The minimum Gasteiger partial charge on any atom is -0.508 e. The molecule has 0 amide bonds. The Hall–Kier alpha value is -1.59. The van der Waals surface area contributed by atoms with Gasteiger partial charge in [0.2, 0.25) is 0 Å². The first kappa shape index (κ1) is 17.2. The molecule has 1 aromatic carbocycles. The molecule has 1 atom stereocenters. The SMILES string of the molecule is O=C(O)C(c1cccc(O)c1)N1CCCN(C2CCCCC2)CC1. The Balaban J connectivity index is 1.69. The highest BCUT2D eigenvalue weighted by Gasteiger charge is 2.31. The zero-order valence-corrected chi connectivity index (χ0v) is 14.2. The van der Waals surface area contributed by atoms with Gasteiger partial charge in [-0.05, 0) is 43.5 Å². The first-order valence-electron chi connectivity index (χ1n) is 9.15. The summed E-state index contributed by atoms with van der Waals surface area (Å²) in [5.41, 5.74) is 0.661. The second-order valence-electron chi connectivity index (χ2n) is 7.05. The fraction of sp³-hybridized carbons (Fsp3) is 0.632. The van der Waals surface area contributed by atoms with Gasteiger partial charge in [-0.2, -0.15) is 0 Å². The number of carboxylic acid groups (broad SMARTS) is 1. The summed E-state index contributed by atoms with van der Waals surface area (Å²) in [6.45, 7) is 3.56. The van der Waals surface area contributed by atoms with Crippen molar-refractivity contribution in [2.24, 2.45) is 0 Å². The average molecular weight is 332 g/mol. The van der Waals surface area contributed by atoms with E-state index in [-0.39, 0.29) is 5.75 Å². The van der Waals surface area contributed by atoms with Crippen molar-refractivity contribution in [1.82, 2.24) is 9.80 Å². The summed E-state index contributed by atoms with van der Waals surface area (Å²) in [6, 6.07) is 6.67. The third-order valence-corrected chi connectivity index (χ3v) is 5.44. The first-order valence-corrected chi connectivity index (χ1v) is 9.15. The minimum absolute atomic E-state index is 0.123. The molecule has 1 saturated carbocycles. The maximum Gasteiger partial charge on any atom is 0.325 e. The van der Waals surface area contributed by atoms with Gasteiger partial charge in [0.25, 0.3) is 0 Å². The van der Waals surface area contributed by atoms with Crippen LogP contribution in [0.1, 0.15) is 50.1 Å². The highest BCUT2D eigenvalue weighted by Crippen LogP contribution is 2.28. The van der Waals surface area contributed by atoms with Gasteiger partial charge in [0, 0.05) is 25.7 Å². The van der Waals surface area contributed by atoms with Crippen molar-refractivity contribution < 1.29 is 15.0 Å². The lowest BCUT2D eigenvalue weighted by atomic mass is 9.94. The second-order valence-corrected chi connectivity index (χ2v) is 7.05. The molecule has 5 heteroatoms. The molecule has 2 fully saturated rings. The van der Waals surface area contributed by atoms with Crippen LogP contribution in [0.3, 0.4) is 0 Å². The lowest BCUT2D eigenvalue weighted by molar-refractivity contribution is -0.143. The lowest BCUT2D eigenvalue weighted by Crippen LogP contribution is -2.41. The first-order chi connectivity index (χ1) is 11.6. The Bertz CT molecular complexity index is 557. The molecule has 2 aliphatic rings. The Morgan fingerprint density at radius 3 is 2.54 bits per heavy atom. The van der Waals surface area contributed by atoms with Crippen molar-refractivity contribution in [1.29, 1.82) is 0 Å². The van der Waals surface area contributed by atoms with Crippen molar-refractivity contribution in [2.75, 3.05) is 26.2 Å². The van der Waals surface area contributed by atoms with Crippen LogP contribution in [-0.4, -0.2) is 58.2 Å². The molecule has 3 rings (SSSR count). The molecular weight excluding hydrogens is 304 g/mol. The van der Waals surface area contributed by atoms with E-state index in [1.54, 1.807) is 24.3 Å². The van der Waals surface area contributed by atoms with Crippen LogP contribution in [0.25, 0.3) is 0 Å². The smallest absolute Gasteiger partial charge is 0.325 e. The van der Waals surface area contributed by atoms with E-state index in [1.165, 1.54) is 32.1 Å². The molecule has 5 nitrogen and oxygen atoms in total. The standard InChI is InChI=1S/C19H28N2O3/c22-17-9-4-6-15(14-17)18(19(23)24)21-11-5-10-20(12-13-21)16-7-2-1-3-8-16/h4,6,9,14,16,18,22H,1-3,5,7-8,10-13H2,(H,23,24).